The van der Waals surface area contributed by atoms with Gasteiger partial charge in [0.1, 0.15) is 5.82 Å². The summed E-state index contributed by atoms with van der Waals surface area (Å²) in [6.07, 6.45) is 1.16. The fourth-order valence-corrected chi connectivity index (χ4v) is 3.95. The molecular weight excluding hydrogens is 389 g/mol. The number of nitrogens with one attached hydrogen (secondary N) is 1. The van der Waals surface area contributed by atoms with Crippen LogP contribution < -0.4 is 5.32 Å². The molecule has 2 rings (SSSR count). The number of rotatable bonds is 4. The number of benzene rings is 1. The van der Waals surface area contributed by atoms with Crippen molar-refractivity contribution in [1.82, 2.24) is 8.61 Å². The normalized spacial score (nSPS) is 19.8. The van der Waals surface area contributed by atoms with Crippen molar-refractivity contribution in [2.45, 2.75) is 12.8 Å². The largest absolute Gasteiger partial charge is 0.323 e. The molecule has 128 valence electrons. The van der Waals surface area contributed by atoms with Crippen LogP contribution in [0.2, 0.25) is 0 Å². The van der Waals surface area contributed by atoms with Crippen LogP contribution >= 0.6 is 15.9 Å². The van der Waals surface area contributed by atoms with Gasteiger partial charge in [0, 0.05) is 31.7 Å². The monoisotopic (exact) mass is 407 g/mol. The Morgan fingerprint density at radius 2 is 2.13 bits per heavy atom. The Kier molecular flexibility index (Phi) is 5.77. The van der Waals surface area contributed by atoms with E-state index in [4.69, 9.17) is 0 Å². The van der Waals surface area contributed by atoms with Crippen molar-refractivity contribution in [2.24, 2.45) is 5.92 Å². The smallest absolute Gasteiger partial charge is 0.281 e. The molecule has 0 aliphatic carbocycles. The summed E-state index contributed by atoms with van der Waals surface area (Å²) in [5.41, 5.74) is 0.0887. The molecule has 1 heterocycles. The number of amides is 1. The topological polar surface area (TPSA) is 69.7 Å². The van der Waals surface area contributed by atoms with E-state index in [0.717, 1.165) is 4.31 Å². The first-order chi connectivity index (χ1) is 10.7. The van der Waals surface area contributed by atoms with Crippen LogP contribution in [-0.4, -0.2) is 50.1 Å². The van der Waals surface area contributed by atoms with Crippen LogP contribution in [0, 0.1) is 11.7 Å². The second kappa shape index (κ2) is 7.25. The molecule has 1 aromatic carbocycles. The van der Waals surface area contributed by atoms with E-state index in [1.54, 1.807) is 6.07 Å². The van der Waals surface area contributed by atoms with E-state index in [-0.39, 0.29) is 18.1 Å². The van der Waals surface area contributed by atoms with Gasteiger partial charge in [0.25, 0.3) is 10.2 Å². The number of anilines is 1. The van der Waals surface area contributed by atoms with Crippen LogP contribution in [-0.2, 0) is 15.0 Å². The first-order valence-electron chi connectivity index (χ1n) is 7.15. The van der Waals surface area contributed by atoms with Crippen molar-refractivity contribution >= 4 is 37.7 Å². The fraction of sp³-hybridized carbons (Fsp3) is 0.500. The minimum absolute atomic E-state index is 0.0887. The number of carbonyl (C=O) groups is 1. The Labute approximate surface area is 144 Å². The third kappa shape index (κ3) is 4.28. The molecule has 0 radical (unpaired) electrons. The lowest BCUT2D eigenvalue weighted by atomic mass is 9.98. The lowest BCUT2D eigenvalue weighted by Crippen LogP contribution is -2.47. The highest BCUT2D eigenvalue weighted by Gasteiger charge is 2.33. The number of carbonyl (C=O) groups excluding carboxylic acids is 1. The lowest BCUT2D eigenvalue weighted by Gasteiger charge is -2.32. The second-order valence-corrected chi connectivity index (χ2v) is 8.66. The van der Waals surface area contributed by atoms with Crippen LogP contribution in [0.4, 0.5) is 10.1 Å². The van der Waals surface area contributed by atoms with E-state index < -0.39 is 21.9 Å². The zero-order valence-corrected chi connectivity index (χ0v) is 15.3. The van der Waals surface area contributed by atoms with Gasteiger partial charge in [-0.2, -0.15) is 17.0 Å². The van der Waals surface area contributed by atoms with Gasteiger partial charge < -0.3 is 5.32 Å². The van der Waals surface area contributed by atoms with Crippen LogP contribution in [0.25, 0.3) is 0 Å². The van der Waals surface area contributed by atoms with Crippen molar-refractivity contribution in [1.29, 1.82) is 0 Å². The Bertz CT molecular complexity index is 697. The van der Waals surface area contributed by atoms with Gasteiger partial charge in [0.15, 0.2) is 0 Å². The number of piperidine rings is 1. The van der Waals surface area contributed by atoms with Gasteiger partial charge in [-0.05, 0) is 31.0 Å². The van der Waals surface area contributed by atoms with Gasteiger partial charge in [-0.25, -0.2) is 4.39 Å². The Hall–Kier alpha value is -1.03. The molecule has 23 heavy (non-hydrogen) atoms. The third-order valence-electron chi connectivity index (χ3n) is 3.73. The summed E-state index contributed by atoms with van der Waals surface area (Å²) >= 11 is 3.15. The molecule has 1 fully saturated rings. The Morgan fingerprint density at radius 1 is 1.43 bits per heavy atom. The summed E-state index contributed by atoms with van der Waals surface area (Å²) in [5, 5.41) is 2.54. The quantitative estimate of drug-likeness (QED) is 0.829. The Balaban J connectivity index is 2.08. The molecule has 1 aromatic rings. The van der Waals surface area contributed by atoms with Crippen LogP contribution in [0.1, 0.15) is 12.8 Å². The third-order valence-corrected chi connectivity index (χ3v) is 6.13. The summed E-state index contributed by atoms with van der Waals surface area (Å²) in [6.45, 7) is 0.488. The van der Waals surface area contributed by atoms with E-state index in [1.807, 2.05) is 0 Å². The highest BCUT2D eigenvalue weighted by atomic mass is 79.9. The molecule has 0 spiro atoms. The molecule has 1 N–H and O–H groups in total. The van der Waals surface area contributed by atoms with Crippen molar-refractivity contribution in [3.05, 3.63) is 28.5 Å². The molecule has 1 amide bonds. The average Bonchev–Trinajstić information content (AvgIpc) is 2.50. The summed E-state index contributed by atoms with van der Waals surface area (Å²) in [5.74, 6) is -1.41. The predicted octanol–water partition coefficient (Wildman–Crippen LogP) is 2.05. The maximum atomic E-state index is 13.8. The SMILES string of the molecule is CN(C)S(=O)(=O)N1CCCC(C(=O)Nc2ccc(Br)cc2F)C1. The first-order valence-corrected chi connectivity index (χ1v) is 9.34. The van der Waals surface area contributed by atoms with Gasteiger partial charge in [-0.3, -0.25) is 4.79 Å². The number of hydrogen-bond donors (Lipinski definition) is 1. The molecule has 1 saturated heterocycles. The van der Waals surface area contributed by atoms with Crippen molar-refractivity contribution in [2.75, 3.05) is 32.5 Å². The second-order valence-electron chi connectivity index (χ2n) is 5.60. The average molecular weight is 408 g/mol. The molecule has 0 bridgehead atoms. The van der Waals surface area contributed by atoms with Crippen LogP contribution in [0.3, 0.4) is 0 Å². The predicted molar refractivity (Wildman–Crippen MR) is 89.6 cm³/mol. The number of nitrogens with zero attached hydrogens (tertiary/aromatic N) is 2. The van der Waals surface area contributed by atoms with E-state index in [1.165, 1.54) is 30.5 Å². The maximum Gasteiger partial charge on any atom is 0.281 e. The summed E-state index contributed by atoms with van der Waals surface area (Å²) in [7, 11) is -0.637. The fourth-order valence-electron chi connectivity index (χ4n) is 2.42. The molecule has 0 saturated carbocycles. The molecule has 1 atom stereocenters. The van der Waals surface area contributed by atoms with Gasteiger partial charge in [-0.1, -0.05) is 15.9 Å². The zero-order valence-electron chi connectivity index (χ0n) is 12.9. The molecule has 1 aliphatic rings. The van der Waals surface area contributed by atoms with Crippen LogP contribution in [0.5, 0.6) is 0 Å². The van der Waals surface area contributed by atoms with Crippen molar-refractivity contribution < 1.29 is 17.6 Å². The van der Waals surface area contributed by atoms with Gasteiger partial charge in [0.05, 0.1) is 11.6 Å². The maximum absolute atomic E-state index is 13.8. The highest BCUT2D eigenvalue weighted by Crippen LogP contribution is 2.24. The number of hydrogen-bond acceptors (Lipinski definition) is 3. The van der Waals surface area contributed by atoms with Crippen LogP contribution in [0.15, 0.2) is 22.7 Å². The molecule has 0 aromatic heterocycles. The zero-order chi connectivity index (χ0) is 17.2. The van der Waals surface area contributed by atoms with Crippen molar-refractivity contribution in [3.63, 3.8) is 0 Å². The first kappa shape index (κ1) is 18.3. The van der Waals surface area contributed by atoms with Gasteiger partial charge in [0.2, 0.25) is 5.91 Å². The van der Waals surface area contributed by atoms with Gasteiger partial charge >= 0.3 is 0 Å². The van der Waals surface area contributed by atoms with Gasteiger partial charge in [-0.15, -0.1) is 0 Å². The van der Waals surface area contributed by atoms with E-state index in [2.05, 4.69) is 21.2 Å². The molecule has 1 aliphatic heterocycles. The molecular formula is C14H19BrFN3O3S. The van der Waals surface area contributed by atoms with E-state index in [0.29, 0.717) is 23.9 Å². The van der Waals surface area contributed by atoms with Crippen molar-refractivity contribution in [3.8, 4) is 0 Å². The summed E-state index contributed by atoms with van der Waals surface area (Å²) < 4.78 is 41.1. The summed E-state index contributed by atoms with van der Waals surface area (Å²) in [4.78, 5) is 12.3. The molecule has 6 nitrogen and oxygen atoms in total. The van der Waals surface area contributed by atoms with E-state index >= 15 is 0 Å². The molecule has 1 unspecified atom stereocenters. The minimum Gasteiger partial charge on any atom is -0.323 e. The Morgan fingerprint density at radius 3 is 2.74 bits per heavy atom. The standard InChI is InChI=1S/C14H19BrFN3O3S/c1-18(2)23(21,22)19-7-3-4-10(9-19)14(20)17-13-6-5-11(15)8-12(13)16/h5-6,8,10H,3-4,7,9H2,1-2H3,(H,17,20). The molecule has 9 heteroatoms. The minimum atomic E-state index is -3.55. The highest BCUT2D eigenvalue weighted by molar-refractivity contribution is 9.10. The number of halogens is 2. The van der Waals surface area contributed by atoms with E-state index in [9.17, 15) is 17.6 Å². The summed E-state index contributed by atoms with van der Waals surface area (Å²) in [6, 6.07) is 4.36. The lowest BCUT2D eigenvalue weighted by molar-refractivity contribution is -0.120.